The van der Waals surface area contributed by atoms with Gasteiger partial charge in [-0.25, -0.2) is 9.59 Å². The zero-order valence-corrected chi connectivity index (χ0v) is 19.8. The number of amides is 2. The summed E-state index contributed by atoms with van der Waals surface area (Å²) in [4.78, 5) is 37.7. The third kappa shape index (κ3) is 4.52. The van der Waals surface area contributed by atoms with Crippen LogP contribution in [0.4, 0.5) is 4.79 Å². The quantitative estimate of drug-likeness (QED) is 0.513. The SMILES string of the molecule is CCC(C)[C@H](NC(=O)OCC1c2ccccc2-c2ccccc21)C(=O)NC(C)(C(=O)O)C1CC1. The topological polar surface area (TPSA) is 105 Å². The van der Waals surface area contributed by atoms with Crippen molar-refractivity contribution in [3.63, 3.8) is 0 Å². The number of fused-ring (bicyclic) bond motifs is 3. The van der Waals surface area contributed by atoms with E-state index < -0.39 is 29.6 Å². The molecule has 3 N–H and O–H groups in total. The number of benzene rings is 2. The van der Waals surface area contributed by atoms with Crippen LogP contribution < -0.4 is 10.6 Å². The van der Waals surface area contributed by atoms with Crippen LogP contribution in [0, 0.1) is 11.8 Å². The molecule has 2 amide bonds. The van der Waals surface area contributed by atoms with Crippen LogP contribution in [0.25, 0.3) is 11.1 Å². The number of carboxylic acid groups (broad SMARTS) is 1. The number of nitrogens with one attached hydrogen (secondary N) is 2. The Morgan fingerprint density at radius 2 is 1.62 bits per heavy atom. The van der Waals surface area contributed by atoms with E-state index in [4.69, 9.17) is 4.74 Å². The van der Waals surface area contributed by atoms with Crippen LogP contribution in [0.2, 0.25) is 0 Å². The van der Waals surface area contributed by atoms with Gasteiger partial charge in [-0.2, -0.15) is 0 Å². The van der Waals surface area contributed by atoms with Crippen molar-refractivity contribution in [2.24, 2.45) is 11.8 Å². The van der Waals surface area contributed by atoms with Crippen molar-refractivity contribution in [1.82, 2.24) is 10.6 Å². The average molecular weight is 465 g/mol. The summed E-state index contributed by atoms with van der Waals surface area (Å²) in [7, 11) is 0. The van der Waals surface area contributed by atoms with Gasteiger partial charge in [0, 0.05) is 5.92 Å². The number of ether oxygens (including phenoxy) is 1. The van der Waals surface area contributed by atoms with Crippen molar-refractivity contribution >= 4 is 18.0 Å². The molecule has 0 aliphatic heterocycles. The molecule has 7 nitrogen and oxygen atoms in total. The van der Waals surface area contributed by atoms with Crippen molar-refractivity contribution < 1.29 is 24.2 Å². The van der Waals surface area contributed by atoms with E-state index in [-0.39, 0.29) is 24.4 Å². The zero-order chi connectivity index (χ0) is 24.5. The predicted octanol–water partition coefficient (Wildman–Crippen LogP) is 4.31. The molecule has 3 atom stereocenters. The van der Waals surface area contributed by atoms with Gasteiger partial charge < -0.3 is 20.5 Å². The average Bonchev–Trinajstić information content (AvgIpc) is 3.64. The Balaban J connectivity index is 1.44. The number of carbonyl (C=O) groups excluding carboxylic acids is 2. The maximum absolute atomic E-state index is 13.1. The zero-order valence-electron chi connectivity index (χ0n) is 19.8. The van der Waals surface area contributed by atoms with Crippen molar-refractivity contribution in [3.8, 4) is 11.1 Å². The van der Waals surface area contributed by atoms with Gasteiger partial charge in [0.15, 0.2) is 0 Å². The number of hydrogen-bond acceptors (Lipinski definition) is 4. The molecule has 0 spiro atoms. The lowest BCUT2D eigenvalue weighted by Gasteiger charge is -2.30. The minimum Gasteiger partial charge on any atom is -0.480 e. The van der Waals surface area contributed by atoms with Gasteiger partial charge >= 0.3 is 12.1 Å². The Hall–Kier alpha value is -3.35. The molecule has 1 fully saturated rings. The summed E-state index contributed by atoms with van der Waals surface area (Å²) in [6, 6.07) is 15.3. The molecule has 7 heteroatoms. The summed E-state index contributed by atoms with van der Waals surface area (Å²) in [6.07, 6.45) is 1.47. The van der Waals surface area contributed by atoms with E-state index in [1.807, 2.05) is 50.2 Å². The van der Waals surface area contributed by atoms with Crippen molar-refractivity contribution in [3.05, 3.63) is 59.7 Å². The maximum Gasteiger partial charge on any atom is 0.407 e. The monoisotopic (exact) mass is 464 g/mol. The fourth-order valence-electron chi connectivity index (χ4n) is 4.79. The molecule has 2 aromatic rings. The van der Waals surface area contributed by atoms with Gasteiger partial charge in [-0.05, 0) is 53.9 Å². The van der Waals surface area contributed by atoms with Gasteiger partial charge in [-0.15, -0.1) is 0 Å². The first-order valence-corrected chi connectivity index (χ1v) is 11.9. The largest absolute Gasteiger partial charge is 0.480 e. The molecular formula is C27H32N2O5. The first-order chi connectivity index (χ1) is 16.3. The molecule has 180 valence electrons. The highest BCUT2D eigenvalue weighted by Gasteiger charge is 2.49. The fourth-order valence-corrected chi connectivity index (χ4v) is 4.79. The van der Waals surface area contributed by atoms with E-state index in [1.54, 1.807) is 0 Å². The first kappa shape index (κ1) is 23.8. The number of rotatable bonds is 9. The summed E-state index contributed by atoms with van der Waals surface area (Å²) in [5.74, 6) is -1.94. The molecule has 34 heavy (non-hydrogen) atoms. The lowest BCUT2D eigenvalue weighted by Crippen LogP contribution is -2.60. The van der Waals surface area contributed by atoms with Crippen LogP contribution in [-0.4, -0.2) is 41.3 Å². The fraction of sp³-hybridized carbons (Fsp3) is 0.444. The van der Waals surface area contributed by atoms with E-state index >= 15 is 0 Å². The molecule has 1 saturated carbocycles. The van der Waals surface area contributed by atoms with Crippen molar-refractivity contribution in [2.75, 3.05) is 6.61 Å². The second-order valence-corrected chi connectivity index (χ2v) is 9.60. The number of carbonyl (C=O) groups is 3. The molecule has 4 rings (SSSR count). The second kappa shape index (κ2) is 9.49. The molecule has 0 radical (unpaired) electrons. The van der Waals surface area contributed by atoms with Crippen LogP contribution in [0.5, 0.6) is 0 Å². The van der Waals surface area contributed by atoms with Crippen LogP contribution in [0.1, 0.15) is 57.1 Å². The minimum absolute atomic E-state index is 0.0841. The van der Waals surface area contributed by atoms with Gasteiger partial charge in [-0.1, -0.05) is 68.8 Å². The second-order valence-electron chi connectivity index (χ2n) is 9.60. The minimum atomic E-state index is -1.34. The number of hydrogen-bond donors (Lipinski definition) is 3. The summed E-state index contributed by atoms with van der Waals surface area (Å²) in [5, 5.41) is 15.1. The van der Waals surface area contributed by atoms with E-state index in [9.17, 15) is 19.5 Å². The number of carboxylic acids is 1. The van der Waals surface area contributed by atoms with Crippen LogP contribution in [0.15, 0.2) is 48.5 Å². The normalized spacial score (nSPS) is 18.1. The van der Waals surface area contributed by atoms with Crippen molar-refractivity contribution in [2.45, 2.75) is 57.5 Å². The predicted molar refractivity (Wildman–Crippen MR) is 128 cm³/mol. The lowest BCUT2D eigenvalue weighted by molar-refractivity contribution is -0.148. The van der Waals surface area contributed by atoms with Crippen LogP contribution in [0.3, 0.4) is 0 Å². The standard InChI is InChI=1S/C27H32N2O5/c1-4-16(2)23(24(30)29-27(3,25(31)32)17-13-14-17)28-26(33)34-15-22-20-11-7-5-9-18(20)19-10-6-8-12-21(19)22/h5-12,16-17,22-23H,4,13-15H2,1-3H3,(H,28,33)(H,29,30)(H,31,32)/t16?,23-,27?/m0/s1. The summed E-state index contributed by atoms with van der Waals surface area (Å²) < 4.78 is 5.61. The van der Waals surface area contributed by atoms with Gasteiger partial charge in [0.25, 0.3) is 0 Å². The molecule has 2 aromatic carbocycles. The van der Waals surface area contributed by atoms with Crippen LogP contribution >= 0.6 is 0 Å². The van der Waals surface area contributed by atoms with Gasteiger partial charge in [0.2, 0.25) is 5.91 Å². The molecule has 0 heterocycles. The summed E-state index contributed by atoms with van der Waals surface area (Å²) >= 11 is 0. The van der Waals surface area contributed by atoms with Gasteiger partial charge in [0.05, 0.1) is 0 Å². The molecule has 0 saturated heterocycles. The van der Waals surface area contributed by atoms with E-state index in [2.05, 4.69) is 22.8 Å². The summed E-state index contributed by atoms with van der Waals surface area (Å²) in [5.41, 5.74) is 3.14. The number of aliphatic carboxylic acids is 1. The Morgan fingerprint density at radius 3 is 2.12 bits per heavy atom. The third-order valence-electron chi connectivity index (χ3n) is 7.33. The molecule has 0 aromatic heterocycles. The number of alkyl carbamates (subject to hydrolysis) is 1. The Morgan fingerprint density at radius 1 is 1.06 bits per heavy atom. The Bertz CT molecular complexity index is 1050. The highest BCUT2D eigenvalue weighted by Crippen LogP contribution is 2.44. The maximum atomic E-state index is 13.1. The Labute approximate surface area is 199 Å². The molecular weight excluding hydrogens is 432 g/mol. The smallest absolute Gasteiger partial charge is 0.407 e. The highest BCUT2D eigenvalue weighted by atomic mass is 16.5. The van der Waals surface area contributed by atoms with Gasteiger partial charge in [0.1, 0.15) is 18.2 Å². The Kier molecular flexibility index (Phi) is 6.64. The van der Waals surface area contributed by atoms with Crippen molar-refractivity contribution in [1.29, 1.82) is 0 Å². The third-order valence-corrected chi connectivity index (χ3v) is 7.33. The van der Waals surface area contributed by atoms with E-state index in [0.717, 1.165) is 35.1 Å². The molecule has 0 bridgehead atoms. The molecule has 2 aliphatic carbocycles. The van der Waals surface area contributed by atoms with E-state index in [0.29, 0.717) is 6.42 Å². The summed E-state index contributed by atoms with van der Waals surface area (Å²) in [6.45, 7) is 5.44. The highest BCUT2D eigenvalue weighted by molar-refractivity contribution is 5.91. The first-order valence-electron chi connectivity index (χ1n) is 11.9. The van der Waals surface area contributed by atoms with Crippen LogP contribution in [-0.2, 0) is 14.3 Å². The van der Waals surface area contributed by atoms with E-state index in [1.165, 1.54) is 6.92 Å². The van der Waals surface area contributed by atoms with Gasteiger partial charge in [-0.3, -0.25) is 4.79 Å². The lowest BCUT2D eigenvalue weighted by atomic mass is 9.93. The molecule has 2 unspecified atom stereocenters. The molecule has 2 aliphatic rings.